The number of aryl methyl sites for hydroxylation is 1. The Morgan fingerprint density at radius 2 is 2.05 bits per heavy atom. The first-order valence-electron chi connectivity index (χ1n) is 6.31. The molecule has 1 aromatic carbocycles. The highest BCUT2D eigenvalue weighted by atomic mass is 16.6. The summed E-state index contributed by atoms with van der Waals surface area (Å²) in [6.07, 6.45) is -0.656. The SMILES string of the molecule is Cc1cc(C#N)cc2c1C(=O)N(C(=O)OC(C)(C)C)C2. The molecule has 0 saturated heterocycles. The quantitative estimate of drug-likeness (QED) is 0.728. The summed E-state index contributed by atoms with van der Waals surface area (Å²) in [7, 11) is 0. The summed E-state index contributed by atoms with van der Waals surface area (Å²) in [4.78, 5) is 25.4. The number of rotatable bonds is 0. The number of amides is 2. The summed E-state index contributed by atoms with van der Waals surface area (Å²) in [5.74, 6) is -0.365. The number of carbonyl (C=O) groups excluding carboxylic acids is 2. The zero-order valence-corrected chi connectivity index (χ0v) is 12.0. The maximum Gasteiger partial charge on any atom is 0.417 e. The second-order valence-corrected chi connectivity index (χ2v) is 5.81. The summed E-state index contributed by atoms with van der Waals surface area (Å²) >= 11 is 0. The van der Waals surface area contributed by atoms with Crippen LogP contribution in [-0.4, -0.2) is 22.5 Å². The fourth-order valence-electron chi connectivity index (χ4n) is 2.20. The van der Waals surface area contributed by atoms with Gasteiger partial charge in [0.25, 0.3) is 5.91 Å². The third-order valence-corrected chi connectivity index (χ3v) is 2.95. The van der Waals surface area contributed by atoms with Crippen LogP contribution in [0.15, 0.2) is 12.1 Å². The lowest BCUT2D eigenvalue weighted by Crippen LogP contribution is -2.37. The van der Waals surface area contributed by atoms with Gasteiger partial charge in [0.2, 0.25) is 0 Å². The Labute approximate surface area is 117 Å². The van der Waals surface area contributed by atoms with E-state index in [-0.39, 0.29) is 12.5 Å². The number of fused-ring (bicyclic) bond motifs is 1. The van der Waals surface area contributed by atoms with Crippen molar-refractivity contribution >= 4 is 12.0 Å². The van der Waals surface area contributed by atoms with Crippen molar-refractivity contribution < 1.29 is 14.3 Å². The van der Waals surface area contributed by atoms with Crippen molar-refractivity contribution in [2.24, 2.45) is 0 Å². The summed E-state index contributed by atoms with van der Waals surface area (Å²) in [5, 5.41) is 8.95. The van der Waals surface area contributed by atoms with E-state index < -0.39 is 11.7 Å². The van der Waals surface area contributed by atoms with Gasteiger partial charge in [-0.05, 0) is 51.0 Å². The monoisotopic (exact) mass is 272 g/mol. The molecule has 5 heteroatoms. The third-order valence-electron chi connectivity index (χ3n) is 2.95. The molecule has 1 aliphatic rings. The molecule has 0 spiro atoms. The standard InChI is InChI=1S/C15H16N2O3/c1-9-5-10(7-16)6-11-8-17(13(18)12(9)11)14(19)20-15(2,3)4/h5-6H,8H2,1-4H3. The molecule has 0 radical (unpaired) electrons. The van der Waals surface area contributed by atoms with E-state index >= 15 is 0 Å². The van der Waals surface area contributed by atoms with Gasteiger partial charge in [-0.3, -0.25) is 4.79 Å². The van der Waals surface area contributed by atoms with E-state index in [9.17, 15) is 9.59 Å². The van der Waals surface area contributed by atoms with Gasteiger partial charge in [-0.1, -0.05) is 0 Å². The molecule has 0 aliphatic carbocycles. The first kappa shape index (κ1) is 14.1. The van der Waals surface area contributed by atoms with E-state index in [0.29, 0.717) is 22.3 Å². The molecule has 0 aromatic heterocycles. The normalized spacial score (nSPS) is 13.9. The van der Waals surface area contributed by atoms with Gasteiger partial charge in [0.1, 0.15) is 5.60 Å². The van der Waals surface area contributed by atoms with Crippen LogP contribution in [0.2, 0.25) is 0 Å². The van der Waals surface area contributed by atoms with E-state index in [0.717, 1.165) is 4.90 Å². The highest BCUT2D eigenvalue weighted by Crippen LogP contribution is 2.28. The molecule has 0 atom stereocenters. The fourth-order valence-corrected chi connectivity index (χ4v) is 2.20. The van der Waals surface area contributed by atoms with Gasteiger partial charge in [-0.15, -0.1) is 0 Å². The average molecular weight is 272 g/mol. The van der Waals surface area contributed by atoms with E-state index in [1.165, 1.54) is 0 Å². The van der Waals surface area contributed by atoms with Gasteiger partial charge < -0.3 is 4.74 Å². The van der Waals surface area contributed by atoms with Crippen molar-refractivity contribution in [2.75, 3.05) is 0 Å². The number of imide groups is 1. The fraction of sp³-hybridized carbons (Fsp3) is 0.400. The molecule has 104 valence electrons. The second kappa shape index (κ2) is 4.64. The number of carbonyl (C=O) groups is 2. The summed E-state index contributed by atoms with van der Waals surface area (Å²) in [6.45, 7) is 7.16. The lowest BCUT2D eigenvalue weighted by molar-refractivity contribution is 0.0248. The van der Waals surface area contributed by atoms with Crippen LogP contribution in [0.3, 0.4) is 0 Å². The molecule has 0 fully saturated rings. The van der Waals surface area contributed by atoms with Crippen molar-refractivity contribution in [1.82, 2.24) is 4.90 Å². The molecule has 2 rings (SSSR count). The van der Waals surface area contributed by atoms with Crippen LogP contribution in [0.25, 0.3) is 0 Å². The molecule has 2 amide bonds. The number of hydrogen-bond acceptors (Lipinski definition) is 4. The zero-order chi connectivity index (χ0) is 15.1. The molecular formula is C15H16N2O3. The van der Waals surface area contributed by atoms with Gasteiger partial charge in [0.05, 0.1) is 18.2 Å². The van der Waals surface area contributed by atoms with Gasteiger partial charge in [0.15, 0.2) is 0 Å². The van der Waals surface area contributed by atoms with Crippen molar-refractivity contribution in [3.05, 3.63) is 34.4 Å². The number of nitrogens with zero attached hydrogens (tertiary/aromatic N) is 2. The number of hydrogen-bond donors (Lipinski definition) is 0. The Morgan fingerprint density at radius 3 is 2.60 bits per heavy atom. The molecule has 0 N–H and O–H groups in total. The lowest BCUT2D eigenvalue weighted by Gasteiger charge is -2.23. The third kappa shape index (κ3) is 2.50. The Morgan fingerprint density at radius 1 is 1.40 bits per heavy atom. The predicted molar refractivity (Wildman–Crippen MR) is 72.0 cm³/mol. The van der Waals surface area contributed by atoms with Gasteiger partial charge in [0, 0.05) is 5.56 Å². The van der Waals surface area contributed by atoms with Crippen molar-refractivity contribution in [3.8, 4) is 6.07 Å². The minimum atomic E-state index is -0.656. The highest BCUT2D eigenvalue weighted by molar-refractivity contribution is 6.07. The van der Waals surface area contributed by atoms with Crippen molar-refractivity contribution in [1.29, 1.82) is 5.26 Å². The molecule has 5 nitrogen and oxygen atoms in total. The Balaban J connectivity index is 2.33. The van der Waals surface area contributed by atoms with Crippen LogP contribution in [-0.2, 0) is 11.3 Å². The van der Waals surface area contributed by atoms with E-state index in [2.05, 4.69) is 0 Å². The first-order chi connectivity index (χ1) is 9.23. The maximum atomic E-state index is 12.3. The lowest BCUT2D eigenvalue weighted by atomic mass is 10.0. The number of ether oxygens (including phenoxy) is 1. The minimum absolute atomic E-state index is 0.152. The molecule has 1 aromatic rings. The number of nitriles is 1. The molecule has 1 aliphatic heterocycles. The van der Waals surface area contributed by atoms with Gasteiger partial charge >= 0.3 is 6.09 Å². The minimum Gasteiger partial charge on any atom is -0.443 e. The summed E-state index contributed by atoms with van der Waals surface area (Å²) in [6, 6.07) is 5.34. The highest BCUT2D eigenvalue weighted by Gasteiger charge is 2.36. The Bertz CT molecular complexity index is 636. The summed E-state index contributed by atoms with van der Waals surface area (Å²) in [5.41, 5.74) is 1.72. The van der Waals surface area contributed by atoms with Gasteiger partial charge in [-0.25, -0.2) is 9.69 Å². The Hall–Kier alpha value is -2.35. The van der Waals surface area contributed by atoms with Crippen LogP contribution in [0, 0.1) is 18.3 Å². The summed E-state index contributed by atoms with van der Waals surface area (Å²) < 4.78 is 5.22. The van der Waals surface area contributed by atoms with E-state index in [1.807, 2.05) is 6.07 Å². The van der Waals surface area contributed by atoms with Crippen LogP contribution in [0.4, 0.5) is 4.79 Å². The smallest absolute Gasteiger partial charge is 0.417 e. The average Bonchev–Trinajstić information content (AvgIpc) is 2.64. The van der Waals surface area contributed by atoms with Crippen LogP contribution >= 0.6 is 0 Å². The molecule has 0 bridgehead atoms. The molecule has 1 heterocycles. The van der Waals surface area contributed by atoms with E-state index in [4.69, 9.17) is 10.00 Å². The number of benzene rings is 1. The maximum absolute atomic E-state index is 12.3. The van der Waals surface area contributed by atoms with Crippen molar-refractivity contribution in [2.45, 2.75) is 39.8 Å². The molecular weight excluding hydrogens is 256 g/mol. The largest absolute Gasteiger partial charge is 0.443 e. The van der Waals surface area contributed by atoms with E-state index in [1.54, 1.807) is 39.8 Å². The van der Waals surface area contributed by atoms with Crippen LogP contribution in [0.5, 0.6) is 0 Å². The van der Waals surface area contributed by atoms with Crippen LogP contribution < -0.4 is 0 Å². The first-order valence-corrected chi connectivity index (χ1v) is 6.31. The second-order valence-electron chi connectivity index (χ2n) is 5.81. The zero-order valence-electron chi connectivity index (χ0n) is 12.0. The predicted octanol–water partition coefficient (Wildman–Crippen LogP) is 2.76. The molecule has 0 unspecified atom stereocenters. The molecule has 0 saturated carbocycles. The topological polar surface area (TPSA) is 70.4 Å². The van der Waals surface area contributed by atoms with Gasteiger partial charge in [-0.2, -0.15) is 5.26 Å². The van der Waals surface area contributed by atoms with Crippen molar-refractivity contribution in [3.63, 3.8) is 0 Å². The Kier molecular flexibility index (Phi) is 3.26. The van der Waals surface area contributed by atoms with Crippen LogP contribution in [0.1, 0.15) is 47.8 Å². The molecule has 20 heavy (non-hydrogen) atoms.